The lowest BCUT2D eigenvalue weighted by Crippen LogP contribution is -2.29. The topological polar surface area (TPSA) is 102 Å². The van der Waals surface area contributed by atoms with Gasteiger partial charge in [-0.15, -0.1) is 0 Å². The third-order valence-electron chi connectivity index (χ3n) is 6.39. The van der Waals surface area contributed by atoms with Gasteiger partial charge in [0.25, 0.3) is 5.56 Å². The average molecular weight is 465 g/mol. The Bertz CT molecular complexity index is 1200. The Balaban J connectivity index is 1.55. The zero-order chi connectivity index (χ0) is 24.1. The number of rotatable bonds is 10. The summed E-state index contributed by atoms with van der Waals surface area (Å²) in [7, 11) is 0. The lowest BCUT2D eigenvalue weighted by molar-refractivity contribution is 0.101. The molecular weight excluding hydrogens is 432 g/mol. The van der Waals surface area contributed by atoms with Gasteiger partial charge in [-0.1, -0.05) is 26.7 Å². The lowest BCUT2D eigenvalue weighted by atomic mass is 10.1. The molecule has 0 atom stereocenters. The monoisotopic (exact) mass is 464 g/mol. The van der Waals surface area contributed by atoms with Gasteiger partial charge >= 0.3 is 0 Å². The van der Waals surface area contributed by atoms with Gasteiger partial charge in [-0.3, -0.25) is 14.2 Å². The number of likely N-dealkylation sites (N-methyl/N-ethyl adjacent to an activating group) is 1. The SMILES string of the molecule is CCN(CC)CCOc1ccc(Nc2ncc3cc(C(C)=O)c(=O)n(C4CCCC4)c3n2)nc1. The van der Waals surface area contributed by atoms with Crippen LogP contribution >= 0.6 is 0 Å². The van der Waals surface area contributed by atoms with Crippen molar-refractivity contribution in [1.29, 1.82) is 0 Å². The summed E-state index contributed by atoms with van der Waals surface area (Å²) in [5, 5.41) is 3.78. The number of Topliss-reactive ketones (excluding diaryl/α,β-unsaturated/α-hetero) is 1. The summed E-state index contributed by atoms with van der Waals surface area (Å²) in [6.45, 7) is 9.15. The minimum atomic E-state index is -0.277. The molecule has 180 valence electrons. The van der Waals surface area contributed by atoms with Gasteiger partial charge in [0.1, 0.15) is 23.8 Å². The maximum Gasteiger partial charge on any atom is 0.263 e. The van der Waals surface area contributed by atoms with E-state index < -0.39 is 0 Å². The molecule has 1 fully saturated rings. The first-order chi connectivity index (χ1) is 16.5. The van der Waals surface area contributed by atoms with Crippen LogP contribution in [0.15, 0.2) is 35.4 Å². The van der Waals surface area contributed by atoms with Gasteiger partial charge < -0.3 is 15.0 Å². The summed E-state index contributed by atoms with van der Waals surface area (Å²) in [4.78, 5) is 40.9. The predicted octanol–water partition coefficient (Wildman–Crippen LogP) is 3.97. The van der Waals surface area contributed by atoms with Crippen molar-refractivity contribution in [2.24, 2.45) is 0 Å². The number of pyridine rings is 2. The third kappa shape index (κ3) is 5.25. The molecule has 0 spiro atoms. The highest BCUT2D eigenvalue weighted by molar-refractivity contribution is 5.96. The standard InChI is InChI=1S/C25H32N6O3/c1-4-30(5-2)12-13-34-20-10-11-22(26-16-20)28-25-27-15-18-14-21(17(3)32)24(33)31(23(18)29-25)19-8-6-7-9-19/h10-11,14-16,19H,4-9,12-13H2,1-3H3,(H,26,27,28,29). The van der Waals surface area contributed by atoms with E-state index in [1.165, 1.54) is 6.92 Å². The van der Waals surface area contributed by atoms with Crippen LogP contribution in [0.2, 0.25) is 0 Å². The summed E-state index contributed by atoms with van der Waals surface area (Å²) in [5.74, 6) is 1.37. The van der Waals surface area contributed by atoms with Crippen LogP contribution < -0.4 is 15.6 Å². The van der Waals surface area contributed by atoms with E-state index in [1.807, 2.05) is 12.1 Å². The Morgan fingerprint density at radius 3 is 2.59 bits per heavy atom. The van der Waals surface area contributed by atoms with Gasteiger partial charge in [-0.25, -0.2) is 9.97 Å². The number of nitrogens with zero attached hydrogens (tertiary/aromatic N) is 5. The van der Waals surface area contributed by atoms with Crippen molar-refractivity contribution in [3.8, 4) is 5.75 Å². The molecule has 0 radical (unpaired) electrons. The minimum Gasteiger partial charge on any atom is -0.491 e. The van der Waals surface area contributed by atoms with Gasteiger partial charge in [0.2, 0.25) is 5.95 Å². The lowest BCUT2D eigenvalue weighted by Gasteiger charge is -2.18. The summed E-state index contributed by atoms with van der Waals surface area (Å²) in [6.07, 6.45) is 7.24. The van der Waals surface area contributed by atoms with E-state index in [4.69, 9.17) is 4.74 Å². The van der Waals surface area contributed by atoms with Crippen molar-refractivity contribution in [3.63, 3.8) is 0 Å². The number of carbonyl (C=O) groups excluding carboxylic acids is 1. The van der Waals surface area contributed by atoms with E-state index in [0.29, 0.717) is 35.2 Å². The molecule has 1 aliphatic rings. The highest BCUT2D eigenvalue weighted by atomic mass is 16.5. The van der Waals surface area contributed by atoms with Gasteiger partial charge in [-0.2, -0.15) is 4.98 Å². The number of ether oxygens (including phenoxy) is 1. The maximum absolute atomic E-state index is 13.1. The zero-order valence-corrected chi connectivity index (χ0v) is 20.1. The van der Waals surface area contributed by atoms with Gasteiger partial charge in [-0.05, 0) is 51.1 Å². The number of carbonyl (C=O) groups is 1. The van der Waals surface area contributed by atoms with Crippen LogP contribution in [0.5, 0.6) is 5.75 Å². The largest absolute Gasteiger partial charge is 0.491 e. The van der Waals surface area contributed by atoms with Crippen LogP contribution in [0, 0.1) is 0 Å². The van der Waals surface area contributed by atoms with Gasteiger partial charge in [0.15, 0.2) is 5.78 Å². The van der Waals surface area contributed by atoms with Gasteiger partial charge in [0.05, 0.1) is 11.8 Å². The molecule has 0 amide bonds. The normalized spacial score (nSPS) is 14.1. The Morgan fingerprint density at radius 1 is 1.18 bits per heavy atom. The zero-order valence-electron chi connectivity index (χ0n) is 20.1. The summed E-state index contributed by atoms with van der Waals surface area (Å²) < 4.78 is 7.48. The number of aromatic nitrogens is 4. The fraction of sp³-hybridized carbons (Fsp3) is 0.480. The van der Waals surface area contributed by atoms with Crippen LogP contribution in [-0.4, -0.2) is 56.4 Å². The molecular formula is C25H32N6O3. The molecule has 0 aliphatic heterocycles. The Hall–Kier alpha value is -3.33. The maximum atomic E-state index is 13.1. The van der Waals surface area contributed by atoms with Crippen LogP contribution in [0.3, 0.4) is 0 Å². The van der Waals surface area contributed by atoms with Crippen molar-refractivity contribution in [2.75, 3.05) is 31.6 Å². The van der Waals surface area contributed by atoms with Crippen LogP contribution in [0.25, 0.3) is 11.0 Å². The molecule has 0 aromatic carbocycles. The number of fused-ring (bicyclic) bond motifs is 1. The second-order valence-electron chi connectivity index (χ2n) is 8.58. The smallest absolute Gasteiger partial charge is 0.263 e. The van der Waals surface area contributed by atoms with Crippen LogP contribution in [0.1, 0.15) is 62.9 Å². The Kier molecular flexibility index (Phi) is 7.52. The molecule has 34 heavy (non-hydrogen) atoms. The molecule has 0 unspecified atom stereocenters. The molecule has 0 saturated heterocycles. The Morgan fingerprint density at radius 2 is 1.94 bits per heavy atom. The van der Waals surface area contributed by atoms with Crippen LogP contribution in [0.4, 0.5) is 11.8 Å². The number of anilines is 2. The molecule has 1 saturated carbocycles. The molecule has 3 aromatic rings. The predicted molar refractivity (Wildman–Crippen MR) is 132 cm³/mol. The van der Waals surface area contributed by atoms with Crippen molar-refractivity contribution < 1.29 is 9.53 Å². The second-order valence-corrected chi connectivity index (χ2v) is 8.58. The minimum absolute atomic E-state index is 0.0444. The third-order valence-corrected chi connectivity index (χ3v) is 6.39. The first-order valence-corrected chi connectivity index (χ1v) is 12.0. The quantitative estimate of drug-likeness (QED) is 0.450. The first-order valence-electron chi connectivity index (χ1n) is 12.0. The van der Waals surface area contributed by atoms with E-state index in [2.05, 4.69) is 39.0 Å². The highest BCUT2D eigenvalue weighted by Gasteiger charge is 2.23. The van der Waals surface area contributed by atoms with Crippen molar-refractivity contribution >= 4 is 28.6 Å². The van der Waals surface area contributed by atoms with E-state index >= 15 is 0 Å². The second kappa shape index (κ2) is 10.7. The van der Waals surface area contributed by atoms with Crippen molar-refractivity contribution in [2.45, 2.75) is 52.5 Å². The van der Waals surface area contributed by atoms with Crippen LogP contribution in [-0.2, 0) is 0 Å². The summed E-state index contributed by atoms with van der Waals surface area (Å²) in [6, 6.07) is 5.30. The number of ketones is 1. The average Bonchev–Trinajstić information content (AvgIpc) is 3.37. The summed E-state index contributed by atoms with van der Waals surface area (Å²) >= 11 is 0. The summed E-state index contributed by atoms with van der Waals surface area (Å²) in [5.41, 5.74) is 0.443. The fourth-order valence-corrected chi connectivity index (χ4v) is 4.42. The number of hydrogen-bond donors (Lipinski definition) is 1. The highest BCUT2D eigenvalue weighted by Crippen LogP contribution is 2.31. The van der Waals surface area contributed by atoms with E-state index in [-0.39, 0.29) is 22.9 Å². The molecule has 4 rings (SSSR count). The Labute approximate surface area is 199 Å². The first kappa shape index (κ1) is 23.8. The van der Waals surface area contributed by atoms with E-state index in [9.17, 15) is 9.59 Å². The van der Waals surface area contributed by atoms with E-state index in [0.717, 1.165) is 45.3 Å². The van der Waals surface area contributed by atoms with Gasteiger partial charge in [0, 0.05) is 24.2 Å². The number of hydrogen-bond acceptors (Lipinski definition) is 8. The molecule has 3 aromatic heterocycles. The molecule has 0 bridgehead atoms. The molecule has 3 heterocycles. The van der Waals surface area contributed by atoms with Crippen molar-refractivity contribution in [1.82, 2.24) is 24.4 Å². The molecule has 1 N–H and O–H groups in total. The van der Waals surface area contributed by atoms with Crippen molar-refractivity contribution in [3.05, 3.63) is 46.5 Å². The number of nitrogens with one attached hydrogen (secondary N) is 1. The molecule has 9 heteroatoms. The fourth-order valence-electron chi connectivity index (χ4n) is 4.42. The molecule has 1 aliphatic carbocycles. The molecule has 9 nitrogen and oxygen atoms in total. The van der Waals surface area contributed by atoms with E-state index in [1.54, 1.807) is 23.0 Å².